The number of nitrogen functional groups attached to an aromatic ring is 1. The molecule has 0 aliphatic rings. The molecule has 0 fully saturated rings. The number of hydrazine groups is 1. The third-order valence-corrected chi connectivity index (χ3v) is 2.50. The summed E-state index contributed by atoms with van der Waals surface area (Å²) < 4.78 is 0. The molecule has 0 unspecified atom stereocenters. The van der Waals surface area contributed by atoms with Crippen molar-refractivity contribution in [1.82, 2.24) is 10.2 Å². The van der Waals surface area contributed by atoms with Crippen LogP contribution in [0.15, 0.2) is 35.1 Å². The summed E-state index contributed by atoms with van der Waals surface area (Å²) in [6, 6.07) is 7.95. The zero-order valence-electron chi connectivity index (χ0n) is 10.2. The lowest BCUT2D eigenvalue weighted by molar-refractivity contribution is 0.102. The fraction of sp³-hybridized carbons (Fsp3) is 0.0833. The van der Waals surface area contributed by atoms with E-state index in [0.717, 1.165) is 5.56 Å². The number of anilines is 2. The highest BCUT2D eigenvalue weighted by molar-refractivity contribution is 6.07. The van der Waals surface area contributed by atoms with Crippen LogP contribution in [0.1, 0.15) is 15.9 Å². The number of hydrogen-bond donors (Lipinski definition) is 4. The first-order valence-electron chi connectivity index (χ1n) is 5.54. The number of aryl methyl sites for hydroxylation is 1. The van der Waals surface area contributed by atoms with Crippen LogP contribution >= 0.6 is 0 Å². The van der Waals surface area contributed by atoms with Gasteiger partial charge in [0.25, 0.3) is 11.5 Å². The van der Waals surface area contributed by atoms with Crippen molar-refractivity contribution in [1.29, 1.82) is 0 Å². The van der Waals surface area contributed by atoms with Gasteiger partial charge in [0.2, 0.25) is 0 Å². The average Bonchev–Trinajstić information content (AvgIpc) is 2.41. The second-order valence-corrected chi connectivity index (χ2v) is 3.95. The lowest BCUT2D eigenvalue weighted by Gasteiger charge is -2.09. The highest BCUT2D eigenvalue weighted by Crippen LogP contribution is 2.17. The maximum atomic E-state index is 12.1. The molecule has 1 aromatic carbocycles. The van der Waals surface area contributed by atoms with Crippen LogP contribution in [0.25, 0.3) is 0 Å². The van der Waals surface area contributed by atoms with Crippen LogP contribution in [0, 0.1) is 6.92 Å². The van der Waals surface area contributed by atoms with Crippen molar-refractivity contribution in [3.63, 3.8) is 0 Å². The van der Waals surface area contributed by atoms with Gasteiger partial charge in [0.05, 0.1) is 11.3 Å². The highest BCUT2D eigenvalue weighted by atomic mass is 16.2. The molecule has 0 spiro atoms. The second kappa shape index (κ2) is 5.32. The summed E-state index contributed by atoms with van der Waals surface area (Å²) in [6.45, 7) is 1.87. The summed E-state index contributed by atoms with van der Waals surface area (Å²) in [6.07, 6.45) is 0. The molecule has 7 heteroatoms. The SMILES string of the molecule is Cc1ccc(NN)c(C(=O)Nc2ccc(=O)[nH]n2)c1. The molecule has 2 rings (SSSR count). The molecular formula is C12H13N5O2. The Hall–Kier alpha value is -2.67. The van der Waals surface area contributed by atoms with Crippen molar-refractivity contribution in [2.45, 2.75) is 6.92 Å². The van der Waals surface area contributed by atoms with Crippen LogP contribution < -0.4 is 22.1 Å². The molecule has 19 heavy (non-hydrogen) atoms. The molecule has 0 aliphatic heterocycles. The Morgan fingerprint density at radius 3 is 2.74 bits per heavy atom. The molecule has 0 radical (unpaired) electrons. The molecule has 5 N–H and O–H groups in total. The van der Waals surface area contributed by atoms with Crippen molar-refractivity contribution in [3.05, 3.63) is 51.8 Å². The normalized spacial score (nSPS) is 10.0. The first-order valence-corrected chi connectivity index (χ1v) is 5.54. The van der Waals surface area contributed by atoms with E-state index < -0.39 is 0 Å². The topological polar surface area (TPSA) is 113 Å². The van der Waals surface area contributed by atoms with Crippen molar-refractivity contribution >= 4 is 17.4 Å². The Kier molecular flexibility index (Phi) is 3.58. The van der Waals surface area contributed by atoms with Gasteiger partial charge in [0, 0.05) is 6.07 Å². The van der Waals surface area contributed by atoms with Gasteiger partial charge in [-0.25, -0.2) is 5.10 Å². The maximum Gasteiger partial charge on any atom is 0.264 e. The summed E-state index contributed by atoms with van der Waals surface area (Å²) in [4.78, 5) is 23.0. The summed E-state index contributed by atoms with van der Waals surface area (Å²) in [7, 11) is 0. The third-order valence-electron chi connectivity index (χ3n) is 2.50. The van der Waals surface area contributed by atoms with Gasteiger partial charge in [-0.15, -0.1) is 0 Å². The molecule has 0 atom stereocenters. The number of aromatic nitrogens is 2. The van der Waals surface area contributed by atoms with Crippen molar-refractivity contribution in [3.8, 4) is 0 Å². The first-order chi connectivity index (χ1) is 9.10. The van der Waals surface area contributed by atoms with Crippen molar-refractivity contribution in [2.75, 3.05) is 10.7 Å². The largest absolute Gasteiger partial charge is 0.323 e. The lowest BCUT2D eigenvalue weighted by atomic mass is 10.1. The maximum absolute atomic E-state index is 12.1. The van der Waals surface area contributed by atoms with Gasteiger partial charge < -0.3 is 10.7 Å². The molecular weight excluding hydrogens is 246 g/mol. The smallest absolute Gasteiger partial charge is 0.264 e. The average molecular weight is 259 g/mol. The first kappa shape index (κ1) is 12.8. The molecule has 1 heterocycles. The van der Waals surface area contributed by atoms with Gasteiger partial charge in [0.15, 0.2) is 5.82 Å². The number of nitrogens with two attached hydrogens (primary N) is 1. The van der Waals surface area contributed by atoms with E-state index in [2.05, 4.69) is 20.9 Å². The molecule has 98 valence electrons. The van der Waals surface area contributed by atoms with Gasteiger partial charge in [-0.1, -0.05) is 11.6 Å². The molecule has 0 saturated carbocycles. The van der Waals surface area contributed by atoms with E-state index in [0.29, 0.717) is 11.3 Å². The summed E-state index contributed by atoms with van der Waals surface area (Å²) in [5, 5.41) is 8.51. The number of aromatic amines is 1. The number of nitrogens with one attached hydrogen (secondary N) is 3. The fourth-order valence-electron chi connectivity index (χ4n) is 1.57. The summed E-state index contributed by atoms with van der Waals surface area (Å²) >= 11 is 0. The van der Waals surface area contributed by atoms with Crippen molar-refractivity contribution in [2.24, 2.45) is 5.84 Å². The molecule has 2 aromatic rings. The predicted molar refractivity (Wildman–Crippen MR) is 71.8 cm³/mol. The number of hydrogen-bond acceptors (Lipinski definition) is 5. The summed E-state index contributed by atoms with van der Waals surface area (Å²) in [5.74, 6) is 5.25. The molecule has 0 saturated heterocycles. The Morgan fingerprint density at radius 1 is 1.32 bits per heavy atom. The predicted octanol–water partition coefficient (Wildman–Crippen LogP) is 0.616. The Bertz CT molecular complexity index is 645. The van der Waals surface area contributed by atoms with E-state index in [1.165, 1.54) is 12.1 Å². The van der Waals surface area contributed by atoms with E-state index in [1.54, 1.807) is 12.1 Å². The number of carbonyl (C=O) groups excluding carboxylic acids is 1. The Morgan fingerprint density at radius 2 is 2.11 bits per heavy atom. The number of H-pyrrole nitrogens is 1. The highest BCUT2D eigenvalue weighted by Gasteiger charge is 2.12. The number of rotatable bonds is 3. The molecule has 0 aliphatic carbocycles. The van der Waals surface area contributed by atoms with Gasteiger partial charge in [-0.3, -0.25) is 15.4 Å². The van der Waals surface area contributed by atoms with Crippen LogP contribution in [-0.4, -0.2) is 16.1 Å². The van der Waals surface area contributed by atoms with E-state index in [9.17, 15) is 9.59 Å². The standard InChI is InChI=1S/C12H13N5O2/c1-7-2-3-9(15-13)8(6-7)12(19)14-10-4-5-11(18)17-16-10/h2-6,15H,13H2,1H3,(H,17,18)(H,14,16,19). The minimum atomic E-state index is -0.365. The lowest BCUT2D eigenvalue weighted by Crippen LogP contribution is -2.19. The molecule has 0 bridgehead atoms. The van der Waals surface area contributed by atoms with Crippen LogP contribution in [0.4, 0.5) is 11.5 Å². The Labute approximate surface area is 108 Å². The van der Waals surface area contributed by atoms with Crippen LogP contribution in [0.5, 0.6) is 0 Å². The summed E-state index contributed by atoms with van der Waals surface area (Å²) in [5.41, 5.74) is 3.96. The van der Waals surface area contributed by atoms with Crippen LogP contribution in [-0.2, 0) is 0 Å². The Balaban J connectivity index is 2.27. The third kappa shape index (κ3) is 2.96. The zero-order valence-corrected chi connectivity index (χ0v) is 10.2. The quantitative estimate of drug-likeness (QED) is 0.476. The minimum absolute atomic E-state index is 0.258. The van der Waals surface area contributed by atoms with Crippen LogP contribution in [0.2, 0.25) is 0 Å². The van der Waals surface area contributed by atoms with Gasteiger partial charge in [-0.2, -0.15) is 5.10 Å². The number of benzene rings is 1. The fourth-order valence-corrected chi connectivity index (χ4v) is 1.57. The molecule has 1 amide bonds. The van der Waals surface area contributed by atoms with Gasteiger partial charge in [0.1, 0.15) is 0 Å². The van der Waals surface area contributed by atoms with E-state index in [1.807, 2.05) is 13.0 Å². The number of amides is 1. The molecule has 7 nitrogen and oxygen atoms in total. The molecule has 1 aromatic heterocycles. The van der Waals surface area contributed by atoms with Crippen molar-refractivity contribution < 1.29 is 4.79 Å². The monoisotopic (exact) mass is 259 g/mol. The number of nitrogens with zero attached hydrogens (tertiary/aromatic N) is 1. The second-order valence-electron chi connectivity index (χ2n) is 3.95. The van der Waals surface area contributed by atoms with E-state index in [4.69, 9.17) is 5.84 Å². The number of carbonyl (C=O) groups is 1. The van der Waals surface area contributed by atoms with E-state index in [-0.39, 0.29) is 17.3 Å². The minimum Gasteiger partial charge on any atom is -0.323 e. The van der Waals surface area contributed by atoms with Gasteiger partial charge in [-0.05, 0) is 25.1 Å². The zero-order chi connectivity index (χ0) is 13.8. The van der Waals surface area contributed by atoms with E-state index >= 15 is 0 Å². The van der Waals surface area contributed by atoms with Gasteiger partial charge >= 0.3 is 0 Å². The van der Waals surface area contributed by atoms with Crippen LogP contribution in [0.3, 0.4) is 0 Å².